The summed E-state index contributed by atoms with van der Waals surface area (Å²) in [6.07, 6.45) is 27.3. The van der Waals surface area contributed by atoms with Crippen LogP contribution in [0.5, 0.6) is 0 Å². The van der Waals surface area contributed by atoms with Crippen molar-refractivity contribution in [2.24, 2.45) is 0 Å². The SMILES string of the molecule is CCCCCCCCCCCCCCCCC=CC=C[Si](OCC)(OCC)OCC. The second-order valence-corrected chi connectivity index (χ2v) is 10.5. The Kier molecular flexibility index (Phi) is 22.9. The molecule has 0 aromatic carbocycles. The molecule has 4 heteroatoms. The standard InChI is InChI=1S/C26H52O3Si/c1-5-9-10-11-12-13-14-15-16-17-18-19-20-21-22-23-24-25-26-30(27-6-2,28-7-3)29-8-4/h23-26H,5-22H2,1-4H3. The Hall–Kier alpha value is -0.423. The topological polar surface area (TPSA) is 27.7 Å². The predicted octanol–water partition coefficient (Wildman–Crippen LogP) is 8.56. The minimum Gasteiger partial charge on any atom is -0.371 e. The van der Waals surface area contributed by atoms with Crippen molar-refractivity contribution >= 4 is 8.80 Å². The van der Waals surface area contributed by atoms with Gasteiger partial charge in [0.2, 0.25) is 0 Å². The molecule has 0 aromatic rings. The van der Waals surface area contributed by atoms with Crippen LogP contribution in [0.3, 0.4) is 0 Å². The van der Waals surface area contributed by atoms with E-state index in [1.54, 1.807) is 0 Å². The van der Waals surface area contributed by atoms with Gasteiger partial charge in [0.15, 0.2) is 0 Å². The van der Waals surface area contributed by atoms with Crippen molar-refractivity contribution in [1.82, 2.24) is 0 Å². The number of hydrogen-bond acceptors (Lipinski definition) is 3. The van der Waals surface area contributed by atoms with E-state index in [1.807, 2.05) is 32.5 Å². The molecule has 0 fully saturated rings. The van der Waals surface area contributed by atoms with Gasteiger partial charge >= 0.3 is 8.80 Å². The lowest BCUT2D eigenvalue weighted by atomic mass is 10.0. The summed E-state index contributed by atoms with van der Waals surface area (Å²) in [5.74, 6) is 0. The first-order chi connectivity index (χ1) is 14.7. The molecule has 0 aliphatic heterocycles. The normalized spacial score (nSPS) is 12.5. The molecule has 0 radical (unpaired) electrons. The summed E-state index contributed by atoms with van der Waals surface area (Å²) in [5.41, 5.74) is 2.01. The van der Waals surface area contributed by atoms with Crippen LogP contribution in [0.1, 0.15) is 124 Å². The summed E-state index contributed by atoms with van der Waals surface area (Å²) in [5, 5.41) is 0. The molecule has 0 aliphatic carbocycles. The molecule has 30 heavy (non-hydrogen) atoms. The Labute approximate surface area is 190 Å². The Morgan fingerprint density at radius 2 is 0.900 bits per heavy atom. The van der Waals surface area contributed by atoms with E-state index in [2.05, 4.69) is 19.1 Å². The lowest BCUT2D eigenvalue weighted by Gasteiger charge is -2.25. The van der Waals surface area contributed by atoms with Crippen molar-refractivity contribution < 1.29 is 13.3 Å². The molecule has 3 nitrogen and oxygen atoms in total. The van der Waals surface area contributed by atoms with Crippen LogP contribution in [0.15, 0.2) is 23.9 Å². The molecular formula is C26H52O3Si. The summed E-state index contributed by atoms with van der Waals surface area (Å²) in [7, 11) is -2.64. The summed E-state index contributed by atoms with van der Waals surface area (Å²) in [6, 6.07) is 0. The van der Waals surface area contributed by atoms with Gasteiger partial charge in [-0.1, -0.05) is 109 Å². The number of hydrogen-bond donors (Lipinski definition) is 0. The average molecular weight is 441 g/mol. The largest absolute Gasteiger partial charge is 0.529 e. The fourth-order valence-corrected chi connectivity index (χ4v) is 5.77. The Morgan fingerprint density at radius 1 is 0.500 bits per heavy atom. The molecule has 0 atom stereocenters. The molecule has 0 aromatic heterocycles. The summed E-state index contributed by atoms with van der Waals surface area (Å²) in [6.45, 7) is 10.1. The first-order valence-electron chi connectivity index (χ1n) is 13.0. The third kappa shape index (κ3) is 18.4. The van der Waals surface area contributed by atoms with Crippen LogP contribution in [-0.2, 0) is 13.3 Å². The van der Waals surface area contributed by atoms with E-state index in [-0.39, 0.29) is 0 Å². The molecule has 0 unspecified atom stereocenters. The van der Waals surface area contributed by atoms with Crippen LogP contribution in [0, 0.1) is 0 Å². The quantitative estimate of drug-likeness (QED) is 0.0904. The highest BCUT2D eigenvalue weighted by Crippen LogP contribution is 2.14. The zero-order chi connectivity index (χ0) is 22.2. The lowest BCUT2D eigenvalue weighted by molar-refractivity contribution is 0.0843. The van der Waals surface area contributed by atoms with Gasteiger partial charge in [-0.05, 0) is 39.3 Å². The van der Waals surface area contributed by atoms with Crippen molar-refractivity contribution in [3.05, 3.63) is 23.9 Å². The molecule has 0 aliphatic rings. The van der Waals surface area contributed by atoms with Crippen LogP contribution in [0.25, 0.3) is 0 Å². The Balaban J connectivity index is 3.62. The smallest absolute Gasteiger partial charge is 0.371 e. The van der Waals surface area contributed by atoms with Crippen LogP contribution in [-0.4, -0.2) is 28.6 Å². The molecule has 0 rings (SSSR count). The van der Waals surface area contributed by atoms with Crippen molar-refractivity contribution in [2.45, 2.75) is 124 Å². The maximum Gasteiger partial charge on any atom is 0.529 e. The van der Waals surface area contributed by atoms with Crippen molar-refractivity contribution in [3.8, 4) is 0 Å². The van der Waals surface area contributed by atoms with Gasteiger partial charge in [0, 0.05) is 19.8 Å². The van der Waals surface area contributed by atoms with Crippen LogP contribution in [0.2, 0.25) is 0 Å². The van der Waals surface area contributed by atoms with E-state index in [9.17, 15) is 0 Å². The zero-order valence-electron chi connectivity index (χ0n) is 20.8. The second kappa shape index (κ2) is 23.2. The molecule has 0 N–H and O–H groups in total. The fraction of sp³-hybridized carbons (Fsp3) is 0.846. The molecule has 0 amide bonds. The van der Waals surface area contributed by atoms with Gasteiger partial charge in [-0.15, -0.1) is 0 Å². The second-order valence-electron chi connectivity index (χ2n) is 8.07. The maximum atomic E-state index is 5.82. The number of allylic oxidation sites excluding steroid dienone is 3. The van der Waals surface area contributed by atoms with Gasteiger partial charge in [-0.25, -0.2) is 0 Å². The monoisotopic (exact) mass is 440 g/mol. The Bertz CT molecular complexity index is 379. The van der Waals surface area contributed by atoms with Gasteiger partial charge in [-0.2, -0.15) is 0 Å². The molecular weight excluding hydrogens is 388 g/mol. The first kappa shape index (κ1) is 29.6. The minimum atomic E-state index is -2.64. The minimum absolute atomic E-state index is 0.610. The molecule has 0 bridgehead atoms. The zero-order valence-corrected chi connectivity index (χ0v) is 21.8. The molecule has 0 heterocycles. The molecule has 0 saturated carbocycles. The lowest BCUT2D eigenvalue weighted by Crippen LogP contribution is -2.44. The van der Waals surface area contributed by atoms with E-state index in [0.29, 0.717) is 19.8 Å². The highest BCUT2D eigenvalue weighted by molar-refractivity contribution is 6.66. The number of rotatable bonds is 23. The highest BCUT2D eigenvalue weighted by atomic mass is 28.4. The first-order valence-corrected chi connectivity index (χ1v) is 14.8. The van der Waals surface area contributed by atoms with Gasteiger partial charge in [0.1, 0.15) is 0 Å². The maximum absolute atomic E-state index is 5.82. The van der Waals surface area contributed by atoms with Gasteiger partial charge < -0.3 is 13.3 Å². The molecule has 178 valence electrons. The third-order valence-electron chi connectivity index (χ3n) is 5.31. The fourth-order valence-electron chi connectivity index (χ4n) is 3.68. The van der Waals surface area contributed by atoms with Gasteiger partial charge in [0.05, 0.1) is 0 Å². The summed E-state index contributed by atoms with van der Waals surface area (Å²) < 4.78 is 17.5. The Morgan fingerprint density at radius 3 is 1.30 bits per heavy atom. The van der Waals surface area contributed by atoms with E-state index in [1.165, 1.54) is 89.9 Å². The van der Waals surface area contributed by atoms with Crippen LogP contribution in [0.4, 0.5) is 0 Å². The van der Waals surface area contributed by atoms with E-state index in [4.69, 9.17) is 13.3 Å². The van der Waals surface area contributed by atoms with E-state index < -0.39 is 8.80 Å². The van der Waals surface area contributed by atoms with Crippen LogP contribution < -0.4 is 0 Å². The van der Waals surface area contributed by atoms with E-state index >= 15 is 0 Å². The average Bonchev–Trinajstić information content (AvgIpc) is 2.73. The molecule has 0 saturated heterocycles. The molecule has 0 spiro atoms. The van der Waals surface area contributed by atoms with Crippen LogP contribution >= 0.6 is 0 Å². The van der Waals surface area contributed by atoms with Crippen molar-refractivity contribution in [2.75, 3.05) is 19.8 Å². The number of unbranched alkanes of at least 4 members (excludes halogenated alkanes) is 14. The van der Waals surface area contributed by atoms with E-state index in [0.717, 1.165) is 6.42 Å². The predicted molar refractivity (Wildman–Crippen MR) is 134 cm³/mol. The van der Waals surface area contributed by atoms with Crippen molar-refractivity contribution in [1.29, 1.82) is 0 Å². The van der Waals surface area contributed by atoms with Gasteiger partial charge in [0.25, 0.3) is 0 Å². The summed E-state index contributed by atoms with van der Waals surface area (Å²) >= 11 is 0. The summed E-state index contributed by atoms with van der Waals surface area (Å²) in [4.78, 5) is 0. The van der Waals surface area contributed by atoms with Gasteiger partial charge in [-0.3, -0.25) is 0 Å². The third-order valence-corrected chi connectivity index (χ3v) is 7.98. The highest BCUT2D eigenvalue weighted by Gasteiger charge is 2.37. The van der Waals surface area contributed by atoms with Crippen molar-refractivity contribution in [3.63, 3.8) is 0 Å².